The molecule has 1 aromatic carbocycles. The molecular weight excluding hydrogens is 346 g/mol. The van der Waals surface area contributed by atoms with Gasteiger partial charge in [0.15, 0.2) is 5.82 Å². The van der Waals surface area contributed by atoms with Gasteiger partial charge in [-0.3, -0.25) is 9.69 Å². The van der Waals surface area contributed by atoms with Crippen molar-refractivity contribution in [3.63, 3.8) is 0 Å². The maximum atomic E-state index is 12.6. The van der Waals surface area contributed by atoms with Crippen molar-refractivity contribution in [1.29, 1.82) is 0 Å². The van der Waals surface area contributed by atoms with E-state index in [2.05, 4.69) is 5.10 Å². The van der Waals surface area contributed by atoms with Crippen molar-refractivity contribution in [2.45, 2.75) is 25.9 Å². The van der Waals surface area contributed by atoms with Crippen LogP contribution in [-0.4, -0.2) is 44.3 Å². The zero-order valence-corrected chi connectivity index (χ0v) is 14.1. The summed E-state index contributed by atoms with van der Waals surface area (Å²) in [5.74, 6) is 0.180. The number of benzene rings is 1. The molecule has 25 heavy (non-hydrogen) atoms. The van der Waals surface area contributed by atoms with Crippen molar-refractivity contribution in [3.05, 3.63) is 45.6 Å². The van der Waals surface area contributed by atoms with Crippen LogP contribution < -0.4 is 10.6 Å². The first-order chi connectivity index (χ1) is 12.0. The Kier molecular flexibility index (Phi) is 3.84. The average Bonchev–Trinajstić information content (AvgIpc) is 3.28. The van der Waals surface area contributed by atoms with Crippen LogP contribution in [0, 0.1) is 0 Å². The van der Waals surface area contributed by atoms with Gasteiger partial charge in [0.1, 0.15) is 6.54 Å². The summed E-state index contributed by atoms with van der Waals surface area (Å²) < 4.78 is 2.08. The van der Waals surface area contributed by atoms with Crippen LogP contribution in [0.3, 0.4) is 0 Å². The van der Waals surface area contributed by atoms with E-state index in [4.69, 9.17) is 11.6 Å². The van der Waals surface area contributed by atoms with Crippen molar-refractivity contribution in [2.75, 3.05) is 18.0 Å². The highest BCUT2D eigenvalue weighted by molar-refractivity contribution is 6.30. The number of halogens is 1. The number of nitrogens with zero attached hydrogens (tertiary/aromatic N) is 5. The van der Waals surface area contributed by atoms with Crippen molar-refractivity contribution < 1.29 is 9.59 Å². The fourth-order valence-corrected chi connectivity index (χ4v) is 3.40. The van der Waals surface area contributed by atoms with E-state index in [1.807, 2.05) is 0 Å². The van der Waals surface area contributed by atoms with Crippen molar-refractivity contribution in [1.82, 2.24) is 19.2 Å². The first-order valence-corrected chi connectivity index (χ1v) is 8.46. The number of carbonyl (C=O) groups excluding carboxylic acids is 2. The van der Waals surface area contributed by atoms with Crippen LogP contribution in [-0.2, 0) is 17.9 Å². The molecule has 1 aromatic heterocycles. The van der Waals surface area contributed by atoms with Crippen molar-refractivity contribution in [2.24, 2.45) is 0 Å². The highest BCUT2D eigenvalue weighted by Gasteiger charge is 2.34. The second kappa shape index (κ2) is 6.03. The second-order valence-corrected chi connectivity index (χ2v) is 6.56. The lowest BCUT2D eigenvalue weighted by Gasteiger charge is -2.16. The minimum atomic E-state index is -0.586. The molecule has 1 saturated heterocycles. The smallest absolute Gasteiger partial charge is 0.341 e. The molecule has 0 N–H and O–H groups in total. The highest BCUT2D eigenvalue weighted by atomic mass is 35.5. The molecule has 0 atom stereocenters. The molecule has 0 spiro atoms. The number of amides is 2. The first-order valence-electron chi connectivity index (χ1n) is 8.08. The maximum Gasteiger partial charge on any atom is 0.354 e. The van der Waals surface area contributed by atoms with E-state index in [-0.39, 0.29) is 19.0 Å². The van der Waals surface area contributed by atoms with E-state index >= 15 is 0 Å². The summed E-state index contributed by atoms with van der Waals surface area (Å²) in [5.41, 5.74) is 0.0131. The predicted octanol–water partition coefficient (Wildman–Crippen LogP) is 1.31. The molecule has 3 heterocycles. The minimum absolute atomic E-state index is 0.136. The van der Waals surface area contributed by atoms with Gasteiger partial charge in [-0.05, 0) is 31.0 Å². The Balaban J connectivity index is 1.57. The monoisotopic (exact) mass is 361 g/mol. The van der Waals surface area contributed by atoms with Gasteiger partial charge in [-0.25, -0.2) is 14.3 Å². The minimum Gasteiger partial charge on any atom is -0.341 e. The van der Waals surface area contributed by atoms with Gasteiger partial charge < -0.3 is 4.90 Å². The van der Waals surface area contributed by atoms with Gasteiger partial charge >= 0.3 is 11.7 Å². The number of rotatable bonds is 3. The maximum absolute atomic E-state index is 12.6. The van der Waals surface area contributed by atoms with Crippen molar-refractivity contribution in [3.8, 4) is 0 Å². The van der Waals surface area contributed by atoms with Gasteiger partial charge in [-0.1, -0.05) is 17.7 Å². The molecule has 130 valence electrons. The highest BCUT2D eigenvalue weighted by Crippen LogP contribution is 2.24. The van der Waals surface area contributed by atoms with Crippen LogP contribution in [0.4, 0.5) is 10.5 Å². The zero-order valence-electron chi connectivity index (χ0n) is 13.4. The van der Waals surface area contributed by atoms with E-state index in [9.17, 15) is 14.4 Å². The van der Waals surface area contributed by atoms with Crippen LogP contribution in [0.1, 0.15) is 18.7 Å². The molecule has 9 heteroatoms. The summed E-state index contributed by atoms with van der Waals surface area (Å²) in [6, 6.07) is 6.36. The SMILES string of the molecule is O=C(Cn1nc2n(c1=O)C(=O)N(c1cccc(Cl)c1)C2)N1CCCC1. The van der Waals surface area contributed by atoms with E-state index in [0.717, 1.165) is 22.1 Å². The van der Waals surface area contributed by atoms with Crippen LogP contribution >= 0.6 is 11.6 Å². The van der Waals surface area contributed by atoms with Gasteiger partial charge in [0.05, 0.1) is 6.54 Å². The number of anilines is 1. The summed E-state index contributed by atoms with van der Waals surface area (Å²) in [5, 5.41) is 4.68. The summed E-state index contributed by atoms with van der Waals surface area (Å²) in [7, 11) is 0. The third-order valence-electron chi connectivity index (χ3n) is 4.49. The van der Waals surface area contributed by atoms with E-state index in [1.54, 1.807) is 29.2 Å². The lowest BCUT2D eigenvalue weighted by atomic mass is 10.3. The quantitative estimate of drug-likeness (QED) is 0.825. The third-order valence-corrected chi connectivity index (χ3v) is 4.73. The van der Waals surface area contributed by atoms with E-state index in [1.165, 1.54) is 4.90 Å². The molecule has 2 aliphatic rings. The Bertz CT molecular complexity index is 913. The number of fused-ring (bicyclic) bond motifs is 1. The van der Waals surface area contributed by atoms with Gasteiger partial charge in [0.2, 0.25) is 5.91 Å². The first kappa shape index (κ1) is 15.9. The lowest BCUT2D eigenvalue weighted by molar-refractivity contribution is -0.131. The molecule has 2 aromatic rings. The zero-order chi connectivity index (χ0) is 17.6. The van der Waals surface area contributed by atoms with Gasteiger partial charge in [-0.2, -0.15) is 9.67 Å². The van der Waals surface area contributed by atoms with Gasteiger partial charge in [-0.15, -0.1) is 0 Å². The van der Waals surface area contributed by atoms with Crippen LogP contribution in [0.5, 0.6) is 0 Å². The summed E-state index contributed by atoms with van der Waals surface area (Å²) in [4.78, 5) is 40.4. The molecule has 0 radical (unpaired) electrons. The number of likely N-dealkylation sites (tertiary alicyclic amines) is 1. The molecule has 1 fully saturated rings. The number of hydrogen-bond acceptors (Lipinski definition) is 4. The van der Waals surface area contributed by atoms with Crippen LogP contribution in [0.25, 0.3) is 0 Å². The van der Waals surface area contributed by atoms with Crippen molar-refractivity contribution >= 4 is 29.2 Å². The number of aromatic nitrogens is 3. The number of hydrogen-bond donors (Lipinski definition) is 0. The largest absolute Gasteiger partial charge is 0.354 e. The van der Waals surface area contributed by atoms with E-state index in [0.29, 0.717) is 29.6 Å². The van der Waals surface area contributed by atoms with Crippen LogP contribution in [0.15, 0.2) is 29.1 Å². The topological polar surface area (TPSA) is 80.4 Å². The standard InChI is InChI=1S/C16H16ClN5O3/c17-11-4-3-5-12(8-11)20-9-13-18-21(16(25)22(13)15(20)24)10-14(23)19-6-1-2-7-19/h3-5,8H,1-2,6-7,9-10H2. The summed E-state index contributed by atoms with van der Waals surface area (Å²) in [6.45, 7) is 1.45. The normalized spacial score (nSPS) is 16.6. The molecule has 8 nitrogen and oxygen atoms in total. The molecule has 0 bridgehead atoms. The Labute approximate surface area is 148 Å². The fourth-order valence-electron chi connectivity index (χ4n) is 3.22. The lowest BCUT2D eigenvalue weighted by Crippen LogP contribution is -2.38. The average molecular weight is 362 g/mol. The molecule has 2 amide bonds. The fraction of sp³-hybridized carbons (Fsp3) is 0.375. The molecule has 0 aliphatic carbocycles. The Morgan fingerprint density at radius 3 is 2.64 bits per heavy atom. The molecular formula is C16H16ClN5O3. The Hall–Kier alpha value is -2.61. The Morgan fingerprint density at radius 1 is 1.20 bits per heavy atom. The molecule has 2 aliphatic heterocycles. The third kappa shape index (κ3) is 2.72. The molecule has 0 unspecified atom stereocenters. The Morgan fingerprint density at radius 2 is 1.96 bits per heavy atom. The number of carbonyl (C=O) groups is 2. The molecule has 4 rings (SSSR count). The summed E-state index contributed by atoms with van der Waals surface area (Å²) >= 11 is 5.96. The van der Waals surface area contributed by atoms with E-state index < -0.39 is 11.7 Å². The van der Waals surface area contributed by atoms with Gasteiger partial charge in [0, 0.05) is 23.8 Å². The summed E-state index contributed by atoms with van der Waals surface area (Å²) in [6.07, 6.45) is 1.96. The predicted molar refractivity (Wildman–Crippen MR) is 90.7 cm³/mol. The second-order valence-electron chi connectivity index (χ2n) is 6.13. The van der Waals surface area contributed by atoms with Gasteiger partial charge in [0.25, 0.3) is 0 Å². The van der Waals surface area contributed by atoms with Crippen LogP contribution in [0.2, 0.25) is 5.02 Å². The molecule has 0 saturated carbocycles.